The van der Waals surface area contributed by atoms with E-state index in [-0.39, 0.29) is 36.5 Å². The zero-order chi connectivity index (χ0) is 12.8. The van der Waals surface area contributed by atoms with Gasteiger partial charge in [0.1, 0.15) is 5.82 Å². The third kappa shape index (κ3) is 6.52. The van der Waals surface area contributed by atoms with Crippen molar-refractivity contribution in [3.05, 3.63) is 30.1 Å². The van der Waals surface area contributed by atoms with E-state index in [2.05, 4.69) is 15.5 Å². The lowest BCUT2D eigenvalue weighted by Gasteiger charge is -2.26. The molecule has 2 N–H and O–H groups in total. The number of amides is 1. The summed E-state index contributed by atoms with van der Waals surface area (Å²) in [5.74, 6) is -0.325. The number of nitrogens with one attached hydrogen (secondary N) is 2. The molecule has 1 aromatic rings. The number of piperazine rings is 1. The Kier molecular flexibility index (Phi) is 9.50. The lowest BCUT2D eigenvalue weighted by atomic mass is 10.3. The second kappa shape index (κ2) is 9.94. The van der Waals surface area contributed by atoms with Crippen LogP contribution >= 0.6 is 24.8 Å². The third-order valence-corrected chi connectivity index (χ3v) is 2.99. The van der Waals surface area contributed by atoms with Crippen molar-refractivity contribution in [2.24, 2.45) is 0 Å². The van der Waals surface area contributed by atoms with Crippen LogP contribution in [0, 0.1) is 5.82 Å². The number of nitrogens with zero attached hydrogens (tertiary/aromatic N) is 1. The first-order valence-electron chi connectivity index (χ1n) is 6.22. The highest BCUT2D eigenvalue weighted by Crippen LogP contribution is 2.08. The average molecular weight is 324 g/mol. The van der Waals surface area contributed by atoms with Crippen LogP contribution in [0.5, 0.6) is 0 Å². The summed E-state index contributed by atoms with van der Waals surface area (Å²) in [4.78, 5) is 14.0. The van der Waals surface area contributed by atoms with E-state index in [1.54, 1.807) is 12.1 Å². The van der Waals surface area contributed by atoms with Gasteiger partial charge in [-0.15, -0.1) is 24.8 Å². The SMILES string of the molecule is Cl.Cl.O=C(CCN1CCNCC1)Nc1ccc(F)cc1. The zero-order valence-electron chi connectivity index (χ0n) is 11.1. The molecule has 1 saturated heterocycles. The third-order valence-electron chi connectivity index (χ3n) is 2.99. The number of anilines is 1. The van der Waals surface area contributed by atoms with Gasteiger partial charge in [0, 0.05) is 44.8 Å². The minimum absolute atomic E-state index is 0. The largest absolute Gasteiger partial charge is 0.326 e. The zero-order valence-corrected chi connectivity index (χ0v) is 12.7. The van der Waals surface area contributed by atoms with Gasteiger partial charge in [-0.3, -0.25) is 4.79 Å². The van der Waals surface area contributed by atoms with Crippen molar-refractivity contribution in [3.63, 3.8) is 0 Å². The summed E-state index contributed by atoms with van der Waals surface area (Å²) in [7, 11) is 0. The van der Waals surface area contributed by atoms with E-state index >= 15 is 0 Å². The molecule has 0 radical (unpaired) electrons. The van der Waals surface area contributed by atoms with Crippen LogP contribution in [0.4, 0.5) is 10.1 Å². The summed E-state index contributed by atoms with van der Waals surface area (Å²) in [6.07, 6.45) is 0.470. The molecule has 2 rings (SSSR count). The maximum atomic E-state index is 12.7. The molecule has 0 unspecified atom stereocenters. The molecule has 0 bridgehead atoms. The van der Waals surface area contributed by atoms with Gasteiger partial charge in [-0.1, -0.05) is 0 Å². The molecule has 1 amide bonds. The Labute approximate surface area is 130 Å². The number of benzene rings is 1. The first-order chi connectivity index (χ1) is 8.74. The summed E-state index contributed by atoms with van der Waals surface area (Å²) >= 11 is 0. The predicted molar refractivity (Wildman–Crippen MR) is 83.5 cm³/mol. The predicted octanol–water partition coefficient (Wildman–Crippen LogP) is 1.90. The molecule has 0 saturated carbocycles. The van der Waals surface area contributed by atoms with Gasteiger partial charge < -0.3 is 15.5 Å². The molecule has 1 heterocycles. The lowest BCUT2D eigenvalue weighted by molar-refractivity contribution is -0.116. The number of carbonyl (C=O) groups is 1. The van der Waals surface area contributed by atoms with Crippen LogP contribution in [0.2, 0.25) is 0 Å². The van der Waals surface area contributed by atoms with Gasteiger partial charge in [0.25, 0.3) is 0 Å². The van der Waals surface area contributed by atoms with E-state index in [0.29, 0.717) is 12.1 Å². The van der Waals surface area contributed by atoms with Crippen LogP contribution in [0.25, 0.3) is 0 Å². The maximum Gasteiger partial charge on any atom is 0.225 e. The highest BCUT2D eigenvalue weighted by molar-refractivity contribution is 5.90. The van der Waals surface area contributed by atoms with Gasteiger partial charge in [0.2, 0.25) is 5.91 Å². The molecule has 0 atom stereocenters. The van der Waals surface area contributed by atoms with E-state index in [9.17, 15) is 9.18 Å². The summed E-state index contributed by atoms with van der Waals surface area (Å²) in [6, 6.07) is 5.81. The number of hydrogen-bond acceptors (Lipinski definition) is 3. The molecule has 1 aliphatic heterocycles. The van der Waals surface area contributed by atoms with E-state index in [4.69, 9.17) is 0 Å². The Morgan fingerprint density at radius 2 is 1.80 bits per heavy atom. The highest BCUT2D eigenvalue weighted by Gasteiger charge is 2.11. The van der Waals surface area contributed by atoms with Crippen molar-refractivity contribution in [2.45, 2.75) is 6.42 Å². The van der Waals surface area contributed by atoms with Crippen LogP contribution in [-0.2, 0) is 4.79 Å². The minimum Gasteiger partial charge on any atom is -0.326 e. The monoisotopic (exact) mass is 323 g/mol. The van der Waals surface area contributed by atoms with E-state index in [1.807, 2.05) is 0 Å². The Hall–Kier alpha value is -0.880. The van der Waals surface area contributed by atoms with Crippen molar-refractivity contribution >= 4 is 36.4 Å². The second-order valence-corrected chi connectivity index (χ2v) is 4.40. The molecular formula is C13H20Cl2FN3O. The van der Waals surface area contributed by atoms with Gasteiger partial charge >= 0.3 is 0 Å². The normalized spacial score (nSPS) is 14.8. The highest BCUT2D eigenvalue weighted by atomic mass is 35.5. The Morgan fingerprint density at radius 3 is 2.40 bits per heavy atom. The van der Waals surface area contributed by atoms with Crippen LogP contribution in [0.1, 0.15) is 6.42 Å². The Bertz CT molecular complexity index is 397. The molecule has 0 spiro atoms. The Morgan fingerprint density at radius 1 is 1.20 bits per heavy atom. The van der Waals surface area contributed by atoms with Crippen molar-refractivity contribution in [1.82, 2.24) is 10.2 Å². The molecule has 1 aromatic carbocycles. The fourth-order valence-electron chi connectivity index (χ4n) is 1.95. The molecule has 0 aromatic heterocycles. The molecule has 0 aliphatic carbocycles. The molecule has 1 aliphatic rings. The van der Waals surface area contributed by atoms with Gasteiger partial charge in [-0.05, 0) is 24.3 Å². The number of halogens is 3. The van der Waals surface area contributed by atoms with Gasteiger partial charge in [0.05, 0.1) is 0 Å². The van der Waals surface area contributed by atoms with Crippen LogP contribution in [0.15, 0.2) is 24.3 Å². The molecule has 20 heavy (non-hydrogen) atoms. The van der Waals surface area contributed by atoms with Crippen molar-refractivity contribution in [1.29, 1.82) is 0 Å². The standard InChI is InChI=1S/C13H18FN3O.2ClH/c14-11-1-3-12(4-2-11)16-13(18)5-8-17-9-6-15-7-10-17;;/h1-4,15H,5-10H2,(H,16,18);2*1H. The number of hydrogen-bond donors (Lipinski definition) is 2. The van der Waals surface area contributed by atoms with E-state index < -0.39 is 0 Å². The summed E-state index contributed by atoms with van der Waals surface area (Å²) in [6.45, 7) is 4.72. The van der Waals surface area contributed by atoms with Crippen LogP contribution < -0.4 is 10.6 Å². The fraction of sp³-hybridized carbons (Fsp3) is 0.462. The lowest BCUT2D eigenvalue weighted by Crippen LogP contribution is -2.44. The maximum absolute atomic E-state index is 12.7. The van der Waals surface area contributed by atoms with Crippen molar-refractivity contribution < 1.29 is 9.18 Å². The van der Waals surface area contributed by atoms with E-state index in [1.165, 1.54) is 12.1 Å². The number of carbonyl (C=O) groups excluding carboxylic acids is 1. The van der Waals surface area contributed by atoms with Crippen molar-refractivity contribution in [3.8, 4) is 0 Å². The van der Waals surface area contributed by atoms with Crippen LogP contribution in [0.3, 0.4) is 0 Å². The van der Waals surface area contributed by atoms with Gasteiger partial charge in [-0.25, -0.2) is 4.39 Å². The first-order valence-corrected chi connectivity index (χ1v) is 6.22. The van der Waals surface area contributed by atoms with E-state index in [0.717, 1.165) is 32.7 Å². The first kappa shape index (κ1) is 19.1. The summed E-state index contributed by atoms with van der Waals surface area (Å²) in [5.41, 5.74) is 0.640. The quantitative estimate of drug-likeness (QED) is 0.889. The fourth-order valence-corrected chi connectivity index (χ4v) is 1.95. The molecule has 4 nitrogen and oxygen atoms in total. The second-order valence-electron chi connectivity index (χ2n) is 4.40. The van der Waals surface area contributed by atoms with Crippen molar-refractivity contribution in [2.75, 3.05) is 38.0 Å². The molecular weight excluding hydrogens is 304 g/mol. The minimum atomic E-state index is -0.297. The molecule has 1 fully saturated rings. The Balaban J connectivity index is 0.00000180. The molecule has 7 heteroatoms. The van der Waals surface area contributed by atoms with Gasteiger partial charge in [-0.2, -0.15) is 0 Å². The topological polar surface area (TPSA) is 44.4 Å². The summed E-state index contributed by atoms with van der Waals surface area (Å²) < 4.78 is 12.7. The average Bonchev–Trinajstić information content (AvgIpc) is 2.40. The smallest absolute Gasteiger partial charge is 0.225 e. The molecule has 114 valence electrons. The summed E-state index contributed by atoms with van der Waals surface area (Å²) in [5, 5.41) is 6.03. The van der Waals surface area contributed by atoms with Crippen LogP contribution in [-0.4, -0.2) is 43.5 Å². The van der Waals surface area contributed by atoms with Gasteiger partial charge in [0.15, 0.2) is 0 Å². The number of rotatable bonds is 4.